The Kier molecular flexibility index (Phi) is 7.60. The third kappa shape index (κ3) is 5.07. The van der Waals surface area contributed by atoms with Crippen molar-refractivity contribution in [3.05, 3.63) is 46.6 Å². The summed E-state index contributed by atoms with van der Waals surface area (Å²) in [6, 6.07) is 7.76. The Labute approximate surface area is 225 Å². The van der Waals surface area contributed by atoms with Crippen molar-refractivity contribution in [1.29, 1.82) is 0 Å². The van der Waals surface area contributed by atoms with Gasteiger partial charge in [-0.2, -0.15) is 0 Å². The highest BCUT2D eigenvalue weighted by atomic mass is 16.7. The standard InChI is InChI=1S/C26H28O14/c1-9-17(30)20(33)22(35)26(37-9)40-24-19(32)16-13(28)6-11(27)7-15(16)39-23(24)10-2-4-12(5-3-10)38-25-21(34)18(31)14(29)8-36-25/h2-7,9,14,17-18,20-22,25-31,33-35H,8H2,1H3/t9?,14-,17+,18?,20?,21?,22+,25+,26+/m1/s1. The molecule has 2 aliphatic heterocycles. The van der Waals surface area contributed by atoms with Gasteiger partial charge in [-0.1, -0.05) is 0 Å². The average Bonchev–Trinajstić information content (AvgIpc) is 2.92. The van der Waals surface area contributed by atoms with Crippen LogP contribution in [-0.2, 0) is 9.47 Å². The van der Waals surface area contributed by atoms with Gasteiger partial charge in [0.25, 0.3) is 0 Å². The van der Waals surface area contributed by atoms with Gasteiger partial charge < -0.3 is 64.2 Å². The number of hydrogen-bond donors (Lipinski definition) is 8. The highest BCUT2D eigenvalue weighted by molar-refractivity contribution is 5.88. The van der Waals surface area contributed by atoms with Gasteiger partial charge in [-0.05, 0) is 31.2 Å². The van der Waals surface area contributed by atoms with Gasteiger partial charge in [0.1, 0.15) is 64.8 Å². The molecule has 2 fully saturated rings. The molecule has 14 nitrogen and oxygen atoms in total. The lowest BCUT2D eigenvalue weighted by molar-refractivity contribution is -0.268. The van der Waals surface area contributed by atoms with Crippen LogP contribution in [0.15, 0.2) is 45.6 Å². The van der Waals surface area contributed by atoms with Crippen molar-refractivity contribution < 1.29 is 64.2 Å². The van der Waals surface area contributed by atoms with E-state index in [1.807, 2.05) is 0 Å². The summed E-state index contributed by atoms with van der Waals surface area (Å²) in [5, 5.41) is 80.1. The van der Waals surface area contributed by atoms with E-state index in [1.165, 1.54) is 31.2 Å². The third-order valence-electron chi connectivity index (χ3n) is 6.78. The lowest BCUT2D eigenvalue weighted by Crippen LogP contribution is -2.58. The van der Waals surface area contributed by atoms with E-state index in [-0.39, 0.29) is 40.4 Å². The summed E-state index contributed by atoms with van der Waals surface area (Å²) < 4.78 is 27.8. The molecule has 3 aromatic rings. The molecule has 4 unspecified atom stereocenters. The fraction of sp³-hybridized carbons (Fsp3) is 0.423. The molecule has 0 radical (unpaired) electrons. The van der Waals surface area contributed by atoms with Crippen molar-refractivity contribution in [2.45, 2.75) is 62.2 Å². The quantitative estimate of drug-likeness (QED) is 0.184. The third-order valence-corrected chi connectivity index (χ3v) is 6.78. The molecule has 1 aromatic heterocycles. The smallest absolute Gasteiger partial charge is 0.239 e. The van der Waals surface area contributed by atoms with Gasteiger partial charge >= 0.3 is 0 Å². The molecule has 2 aliphatic rings. The summed E-state index contributed by atoms with van der Waals surface area (Å²) in [5.41, 5.74) is -0.849. The van der Waals surface area contributed by atoms with E-state index in [4.69, 9.17) is 23.4 Å². The lowest BCUT2D eigenvalue weighted by Gasteiger charge is -2.38. The Morgan fingerprint density at radius 1 is 0.825 bits per heavy atom. The van der Waals surface area contributed by atoms with Gasteiger partial charge in [0.15, 0.2) is 5.76 Å². The average molecular weight is 564 g/mol. The zero-order valence-electron chi connectivity index (χ0n) is 20.9. The minimum Gasteiger partial charge on any atom is -0.508 e. The number of aromatic hydroxyl groups is 2. The molecule has 0 aliphatic carbocycles. The molecule has 216 valence electrons. The zero-order valence-corrected chi connectivity index (χ0v) is 20.9. The van der Waals surface area contributed by atoms with Crippen LogP contribution in [0.5, 0.6) is 23.0 Å². The van der Waals surface area contributed by atoms with Crippen LogP contribution in [0.4, 0.5) is 0 Å². The van der Waals surface area contributed by atoms with E-state index in [0.717, 1.165) is 12.1 Å². The zero-order chi connectivity index (χ0) is 28.9. The van der Waals surface area contributed by atoms with E-state index in [9.17, 15) is 45.6 Å². The Balaban J connectivity index is 1.52. The molecule has 0 amide bonds. The minimum absolute atomic E-state index is 0.175. The first-order valence-corrected chi connectivity index (χ1v) is 12.3. The summed E-state index contributed by atoms with van der Waals surface area (Å²) in [5.74, 6) is -1.52. The van der Waals surface area contributed by atoms with Crippen molar-refractivity contribution in [2.24, 2.45) is 0 Å². The highest BCUT2D eigenvalue weighted by Gasteiger charge is 2.44. The topological polar surface area (TPSA) is 229 Å². The number of rotatable bonds is 5. The number of aliphatic hydroxyl groups excluding tert-OH is 6. The maximum Gasteiger partial charge on any atom is 0.239 e. The van der Waals surface area contributed by atoms with Crippen molar-refractivity contribution in [2.75, 3.05) is 6.61 Å². The number of phenolic OH excluding ortho intramolecular Hbond substituents is 2. The lowest BCUT2D eigenvalue weighted by atomic mass is 10.00. The van der Waals surface area contributed by atoms with Gasteiger partial charge in [0.05, 0.1) is 12.7 Å². The van der Waals surface area contributed by atoms with Crippen LogP contribution in [-0.4, -0.2) is 103 Å². The molecule has 40 heavy (non-hydrogen) atoms. The molecule has 9 atom stereocenters. The number of benzene rings is 2. The Morgan fingerprint density at radius 3 is 2.20 bits per heavy atom. The molecule has 0 saturated carbocycles. The Hall–Kier alpha value is -3.47. The number of hydrogen-bond acceptors (Lipinski definition) is 14. The van der Waals surface area contributed by atoms with Crippen LogP contribution >= 0.6 is 0 Å². The molecule has 3 heterocycles. The summed E-state index contributed by atoms with van der Waals surface area (Å²) in [7, 11) is 0. The minimum atomic E-state index is -1.76. The molecule has 2 aromatic carbocycles. The van der Waals surface area contributed by atoms with E-state index in [0.29, 0.717) is 0 Å². The summed E-state index contributed by atoms with van der Waals surface area (Å²) >= 11 is 0. The van der Waals surface area contributed by atoms with Gasteiger partial charge in [0.2, 0.25) is 23.8 Å². The molecular formula is C26H28O14. The first kappa shape index (κ1) is 28.1. The number of aliphatic hydroxyl groups is 6. The fourth-order valence-electron chi connectivity index (χ4n) is 4.49. The second kappa shape index (κ2) is 10.8. The number of ether oxygens (including phenoxy) is 4. The SMILES string of the molecule is CC1O[C@@H](Oc2c(-c3ccc(O[C@@H]4OC[C@@H](O)C(O)C4O)cc3)oc3cc(O)cc(O)c3c2=O)[C@@H](O)C(O)[C@H]1O. The summed E-state index contributed by atoms with van der Waals surface area (Å²) in [6.45, 7) is 1.17. The second-order valence-corrected chi connectivity index (χ2v) is 9.62. The van der Waals surface area contributed by atoms with Crippen molar-refractivity contribution in [1.82, 2.24) is 0 Å². The Bertz CT molecular complexity index is 1420. The predicted molar refractivity (Wildman–Crippen MR) is 133 cm³/mol. The molecule has 14 heteroatoms. The summed E-state index contributed by atoms with van der Waals surface area (Å²) in [6.07, 6.45) is -13.0. The van der Waals surface area contributed by atoms with E-state index in [1.54, 1.807) is 0 Å². The largest absolute Gasteiger partial charge is 0.508 e. The highest BCUT2D eigenvalue weighted by Crippen LogP contribution is 2.37. The Morgan fingerprint density at radius 2 is 1.50 bits per heavy atom. The van der Waals surface area contributed by atoms with Gasteiger partial charge in [-0.3, -0.25) is 4.79 Å². The van der Waals surface area contributed by atoms with Crippen molar-refractivity contribution >= 4 is 11.0 Å². The molecule has 8 N–H and O–H groups in total. The maximum absolute atomic E-state index is 13.5. The second-order valence-electron chi connectivity index (χ2n) is 9.62. The van der Waals surface area contributed by atoms with Gasteiger partial charge in [-0.15, -0.1) is 0 Å². The summed E-state index contributed by atoms with van der Waals surface area (Å²) in [4.78, 5) is 13.5. The first-order chi connectivity index (χ1) is 19.0. The van der Waals surface area contributed by atoms with Crippen LogP contribution < -0.4 is 14.9 Å². The van der Waals surface area contributed by atoms with Crippen molar-refractivity contribution in [3.63, 3.8) is 0 Å². The molecule has 0 spiro atoms. The van der Waals surface area contributed by atoms with Crippen LogP contribution in [0, 0.1) is 0 Å². The molecule has 5 rings (SSSR count). The van der Waals surface area contributed by atoms with Crippen LogP contribution in [0.3, 0.4) is 0 Å². The normalized spacial score (nSPS) is 32.6. The van der Waals surface area contributed by atoms with Crippen molar-refractivity contribution in [3.8, 4) is 34.3 Å². The molecule has 2 saturated heterocycles. The predicted octanol–water partition coefficient (Wildman–Crippen LogP) is -1.10. The number of fused-ring (bicyclic) bond motifs is 1. The van der Waals surface area contributed by atoms with Crippen LogP contribution in [0.25, 0.3) is 22.3 Å². The van der Waals surface area contributed by atoms with Gasteiger partial charge in [-0.25, -0.2) is 0 Å². The van der Waals surface area contributed by atoms with E-state index in [2.05, 4.69) is 0 Å². The monoisotopic (exact) mass is 564 g/mol. The number of phenols is 2. The maximum atomic E-state index is 13.5. The molecular weight excluding hydrogens is 536 g/mol. The first-order valence-electron chi connectivity index (χ1n) is 12.3. The van der Waals surface area contributed by atoms with Crippen LogP contribution in [0.2, 0.25) is 0 Å². The van der Waals surface area contributed by atoms with E-state index >= 15 is 0 Å². The van der Waals surface area contributed by atoms with E-state index < -0.39 is 72.2 Å². The molecule has 0 bridgehead atoms. The van der Waals surface area contributed by atoms with Crippen LogP contribution in [0.1, 0.15) is 6.92 Å². The van der Waals surface area contributed by atoms with Gasteiger partial charge in [0, 0.05) is 17.7 Å². The fourth-order valence-corrected chi connectivity index (χ4v) is 4.49.